The number of benzene rings is 1. The molecular weight excluding hydrogens is 376 g/mol. The smallest absolute Gasteiger partial charge is 0.409 e. The first-order valence-electron chi connectivity index (χ1n) is 8.49. The van der Waals surface area contributed by atoms with Crippen LogP contribution in [0.5, 0.6) is 0 Å². The summed E-state index contributed by atoms with van der Waals surface area (Å²) in [5.74, 6) is 0. The van der Waals surface area contributed by atoms with Gasteiger partial charge >= 0.3 is 12.2 Å². The van der Waals surface area contributed by atoms with Crippen LogP contribution in [0.15, 0.2) is 29.2 Å². The van der Waals surface area contributed by atoms with Crippen molar-refractivity contribution < 1.29 is 32.0 Å². The number of rotatable bonds is 0. The number of amides is 2. The van der Waals surface area contributed by atoms with Crippen molar-refractivity contribution in [2.45, 2.75) is 50.5 Å². The molecule has 1 saturated heterocycles. The second-order valence-electron chi connectivity index (χ2n) is 7.68. The molecule has 0 aliphatic carbocycles. The van der Waals surface area contributed by atoms with Crippen molar-refractivity contribution in [3.8, 4) is 0 Å². The molecule has 148 valence electrons. The highest BCUT2D eigenvalue weighted by Crippen LogP contribution is 2.37. The Balaban J connectivity index is 2.07. The van der Waals surface area contributed by atoms with Crippen LogP contribution in [-0.4, -0.2) is 49.4 Å². The zero-order valence-electron chi connectivity index (χ0n) is 15.2. The highest BCUT2D eigenvalue weighted by atomic mass is 32.2. The van der Waals surface area contributed by atoms with Gasteiger partial charge in [-0.05, 0) is 24.1 Å². The van der Waals surface area contributed by atoms with Crippen LogP contribution < -0.4 is 5.32 Å². The molecule has 0 radical (unpaired) electrons. The van der Waals surface area contributed by atoms with E-state index in [4.69, 9.17) is 8.92 Å². The van der Waals surface area contributed by atoms with Gasteiger partial charge in [0.2, 0.25) is 0 Å². The molecule has 1 aromatic carbocycles. The van der Waals surface area contributed by atoms with Gasteiger partial charge in [0.05, 0.1) is 10.9 Å². The van der Waals surface area contributed by atoms with Gasteiger partial charge in [-0.3, -0.25) is 4.90 Å². The van der Waals surface area contributed by atoms with E-state index >= 15 is 0 Å². The van der Waals surface area contributed by atoms with Gasteiger partial charge in [0.15, 0.2) is 6.23 Å². The largest absolute Gasteiger partial charge is 0.465 e. The predicted octanol–water partition coefficient (Wildman–Crippen LogP) is 2.30. The van der Waals surface area contributed by atoms with E-state index in [0.29, 0.717) is 5.56 Å². The van der Waals surface area contributed by atoms with Gasteiger partial charge in [-0.2, -0.15) is 8.42 Å². The van der Waals surface area contributed by atoms with Crippen LogP contribution in [0, 0.1) is 5.41 Å². The Kier molecular flexibility index (Phi) is 4.81. The highest BCUT2D eigenvalue weighted by molar-refractivity contribution is 7.86. The normalized spacial score (nSPS) is 27.7. The van der Waals surface area contributed by atoms with Crippen molar-refractivity contribution in [2.75, 3.05) is 6.54 Å². The molecule has 3 aliphatic heterocycles. The topological polar surface area (TPSA) is 122 Å². The number of alkyl carbamates (subject to hydrolysis) is 1. The van der Waals surface area contributed by atoms with Gasteiger partial charge in [0.1, 0.15) is 6.10 Å². The van der Waals surface area contributed by atoms with Crippen LogP contribution >= 0.6 is 0 Å². The molecule has 4 rings (SSSR count). The van der Waals surface area contributed by atoms with E-state index in [-0.39, 0.29) is 17.9 Å². The summed E-state index contributed by atoms with van der Waals surface area (Å²) in [6, 6.07) is 4.99. The molecule has 2 N–H and O–H groups in total. The van der Waals surface area contributed by atoms with Crippen LogP contribution in [-0.2, 0) is 19.0 Å². The fourth-order valence-corrected chi connectivity index (χ4v) is 4.34. The third-order valence-corrected chi connectivity index (χ3v) is 5.89. The van der Waals surface area contributed by atoms with Crippen molar-refractivity contribution in [1.29, 1.82) is 0 Å². The summed E-state index contributed by atoms with van der Waals surface area (Å²) in [6.07, 6.45) is -3.87. The third-order valence-electron chi connectivity index (χ3n) is 4.59. The zero-order chi connectivity index (χ0) is 20.0. The standard InChI is InChI=1S/C17H22N2O7S/c1-17(2,3)13-10-4-6-11(7-5-10)27(23,24)26-14-12(18-15(20)25-13)8-9-19(14)16(21)22/h4-7,12-14H,8-9H2,1-3H3,(H,18,20)(H,21,22)/t12-,13?,14?/m1/s1. The molecule has 10 heteroatoms. The maximum Gasteiger partial charge on any atom is 0.409 e. The van der Waals surface area contributed by atoms with Gasteiger partial charge < -0.3 is 15.2 Å². The average Bonchev–Trinajstić information content (AvgIpc) is 2.93. The van der Waals surface area contributed by atoms with Crippen molar-refractivity contribution in [1.82, 2.24) is 10.2 Å². The molecular formula is C17H22N2O7S. The molecule has 2 bridgehead atoms. The van der Waals surface area contributed by atoms with E-state index in [0.717, 1.165) is 4.90 Å². The van der Waals surface area contributed by atoms with Gasteiger partial charge in [-0.1, -0.05) is 32.9 Å². The number of nitrogens with zero attached hydrogens (tertiary/aromatic N) is 1. The van der Waals surface area contributed by atoms with Crippen LogP contribution in [0.25, 0.3) is 0 Å². The minimum atomic E-state index is -4.22. The zero-order valence-corrected chi connectivity index (χ0v) is 16.0. The molecule has 2 unspecified atom stereocenters. The van der Waals surface area contributed by atoms with Gasteiger partial charge in [0, 0.05) is 12.0 Å². The number of hydrogen-bond donors (Lipinski definition) is 2. The molecule has 1 fully saturated rings. The molecule has 3 atom stereocenters. The number of carbonyl (C=O) groups excluding carboxylic acids is 1. The first kappa shape index (κ1) is 19.4. The number of carboxylic acid groups (broad SMARTS) is 1. The molecule has 3 heterocycles. The Morgan fingerprint density at radius 2 is 1.89 bits per heavy atom. The summed E-state index contributed by atoms with van der Waals surface area (Å²) in [4.78, 5) is 24.6. The summed E-state index contributed by atoms with van der Waals surface area (Å²) in [6.45, 7) is 5.72. The molecule has 27 heavy (non-hydrogen) atoms. The number of carbonyl (C=O) groups is 2. The minimum Gasteiger partial charge on any atom is -0.465 e. The number of fused-ring (bicyclic) bond motifs is 6. The van der Waals surface area contributed by atoms with E-state index in [1.165, 1.54) is 12.1 Å². The quantitative estimate of drug-likeness (QED) is 0.643. The van der Waals surface area contributed by atoms with Crippen molar-refractivity contribution in [3.63, 3.8) is 0 Å². The van der Waals surface area contributed by atoms with E-state index < -0.39 is 46.1 Å². The number of likely N-dealkylation sites (tertiary alicyclic amines) is 1. The van der Waals surface area contributed by atoms with Crippen LogP contribution in [0.1, 0.15) is 38.9 Å². The fourth-order valence-electron chi connectivity index (χ4n) is 3.26. The fraction of sp³-hybridized carbons (Fsp3) is 0.529. The Bertz CT molecular complexity index is 845. The SMILES string of the molecule is CC(C)(C)C1OC(=O)N[C@@H]2CCN(C(=O)O)C2OS(=O)(=O)c2ccc1cc2. The lowest BCUT2D eigenvalue weighted by Crippen LogP contribution is -2.49. The summed E-state index contributed by atoms with van der Waals surface area (Å²) in [7, 11) is -4.22. The lowest BCUT2D eigenvalue weighted by molar-refractivity contribution is 0.0176. The molecule has 0 spiro atoms. The van der Waals surface area contributed by atoms with Gasteiger partial charge in [-0.15, -0.1) is 0 Å². The van der Waals surface area contributed by atoms with Crippen LogP contribution in [0.3, 0.4) is 0 Å². The van der Waals surface area contributed by atoms with Gasteiger partial charge in [0.25, 0.3) is 10.1 Å². The Morgan fingerprint density at radius 3 is 2.44 bits per heavy atom. The van der Waals surface area contributed by atoms with Crippen LogP contribution in [0.4, 0.5) is 9.59 Å². The average molecular weight is 398 g/mol. The second kappa shape index (κ2) is 6.68. The summed E-state index contributed by atoms with van der Waals surface area (Å²) in [5, 5.41) is 11.9. The van der Waals surface area contributed by atoms with E-state index in [2.05, 4.69) is 5.32 Å². The molecule has 9 nitrogen and oxygen atoms in total. The van der Waals surface area contributed by atoms with E-state index in [1.54, 1.807) is 12.1 Å². The first-order chi connectivity index (χ1) is 12.5. The van der Waals surface area contributed by atoms with Crippen molar-refractivity contribution in [3.05, 3.63) is 29.8 Å². The summed E-state index contributed by atoms with van der Waals surface area (Å²) in [5.41, 5.74) is 0.202. The molecule has 3 aliphatic rings. The lowest BCUT2D eigenvalue weighted by Gasteiger charge is -2.32. The monoisotopic (exact) mass is 398 g/mol. The lowest BCUT2D eigenvalue weighted by atomic mass is 9.84. The number of ether oxygens (including phenoxy) is 1. The van der Waals surface area contributed by atoms with Crippen molar-refractivity contribution >= 4 is 22.3 Å². The van der Waals surface area contributed by atoms with Crippen molar-refractivity contribution in [2.24, 2.45) is 5.41 Å². The summed E-state index contributed by atoms with van der Waals surface area (Å²) >= 11 is 0. The van der Waals surface area contributed by atoms with E-state index in [1.807, 2.05) is 20.8 Å². The Labute approximate surface area is 157 Å². The maximum atomic E-state index is 12.6. The molecule has 0 aromatic heterocycles. The Hall–Kier alpha value is -2.33. The Morgan fingerprint density at radius 1 is 1.26 bits per heavy atom. The number of hydrogen-bond acceptors (Lipinski definition) is 6. The molecule has 2 amide bonds. The number of nitrogens with one attached hydrogen (secondary N) is 1. The maximum absolute atomic E-state index is 12.6. The second-order valence-corrected chi connectivity index (χ2v) is 9.25. The first-order valence-corrected chi connectivity index (χ1v) is 9.90. The summed E-state index contributed by atoms with van der Waals surface area (Å²) < 4.78 is 36.0. The highest BCUT2D eigenvalue weighted by Gasteiger charge is 2.43. The third kappa shape index (κ3) is 3.86. The van der Waals surface area contributed by atoms with E-state index in [9.17, 15) is 23.1 Å². The minimum absolute atomic E-state index is 0.0293. The molecule has 1 aromatic rings. The van der Waals surface area contributed by atoms with Gasteiger partial charge in [-0.25, -0.2) is 13.8 Å². The predicted molar refractivity (Wildman–Crippen MR) is 93.4 cm³/mol. The molecule has 0 saturated carbocycles. The van der Waals surface area contributed by atoms with Crippen LogP contribution in [0.2, 0.25) is 0 Å².